The number of fused-ring (bicyclic) bond motifs is 1. The molecule has 4 rings (SSSR count). The minimum atomic E-state index is -1.39. The quantitative estimate of drug-likeness (QED) is 0.262. The van der Waals surface area contributed by atoms with Gasteiger partial charge in [0.1, 0.15) is 24.4 Å². The summed E-state index contributed by atoms with van der Waals surface area (Å²) in [5.74, 6) is 5.63. The molecule has 4 fully saturated rings. The van der Waals surface area contributed by atoms with E-state index in [1.165, 1.54) is 44.9 Å². The van der Waals surface area contributed by atoms with Crippen molar-refractivity contribution in [2.75, 3.05) is 6.61 Å². The van der Waals surface area contributed by atoms with Crippen molar-refractivity contribution in [3.63, 3.8) is 0 Å². The molecule has 0 aromatic heterocycles. The molecule has 6 heteroatoms. The van der Waals surface area contributed by atoms with Crippen LogP contribution in [0.4, 0.5) is 0 Å². The van der Waals surface area contributed by atoms with E-state index in [0.29, 0.717) is 10.8 Å². The Kier molecular flexibility index (Phi) is 10.8. The first-order chi connectivity index (χ1) is 18.9. The van der Waals surface area contributed by atoms with E-state index < -0.39 is 37.3 Å². The Bertz CT molecular complexity index is 793. The van der Waals surface area contributed by atoms with E-state index in [2.05, 4.69) is 48.5 Å². The van der Waals surface area contributed by atoms with Gasteiger partial charge >= 0.3 is 0 Å². The fraction of sp³-hybridized carbons (Fsp3) is 1.00. The topological polar surface area (TPSA) is 99.4 Å². The van der Waals surface area contributed by atoms with Gasteiger partial charge in [-0.3, -0.25) is 0 Å². The monoisotopic (exact) mass is 566 g/mol. The fourth-order valence-electron chi connectivity index (χ4n) is 10.3. The van der Waals surface area contributed by atoms with Crippen LogP contribution in [0.1, 0.15) is 119 Å². The lowest BCUT2D eigenvalue weighted by molar-refractivity contribution is -0.314. The Morgan fingerprint density at radius 2 is 1.52 bits per heavy atom. The maximum Gasteiger partial charge on any atom is 0.186 e. The second kappa shape index (κ2) is 13.2. The summed E-state index contributed by atoms with van der Waals surface area (Å²) in [4.78, 5) is 0. The molecule has 3 saturated carbocycles. The number of aliphatic hydroxyl groups excluding tert-OH is 4. The van der Waals surface area contributed by atoms with Gasteiger partial charge in [-0.25, -0.2) is 0 Å². The maximum atomic E-state index is 10.4. The summed E-state index contributed by atoms with van der Waals surface area (Å²) >= 11 is 0. The first kappa shape index (κ1) is 32.7. The Hall–Kier alpha value is -0.240. The highest BCUT2D eigenvalue weighted by atomic mass is 16.7. The van der Waals surface area contributed by atoms with E-state index in [0.717, 1.165) is 67.1 Å². The van der Waals surface area contributed by atoms with Crippen molar-refractivity contribution in [3.8, 4) is 0 Å². The molecule has 0 radical (unpaired) electrons. The van der Waals surface area contributed by atoms with Crippen molar-refractivity contribution in [1.29, 1.82) is 0 Å². The van der Waals surface area contributed by atoms with Crippen molar-refractivity contribution in [2.45, 2.75) is 156 Å². The Morgan fingerprint density at radius 1 is 0.850 bits per heavy atom. The smallest absolute Gasteiger partial charge is 0.186 e. The minimum absolute atomic E-state index is 0.0480. The van der Waals surface area contributed by atoms with Crippen molar-refractivity contribution in [3.05, 3.63) is 0 Å². The van der Waals surface area contributed by atoms with Crippen molar-refractivity contribution < 1.29 is 29.9 Å². The zero-order valence-corrected chi connectivity index (χ0v) is 26.6. The van der Waals surface area contributed by atoms with Gasteiger partial charge in [-0.15, -0.1) is 0 Å². The van der Waals surface area contributed by atoms with Gasteiger partial charge in [0.25, 0.3) is 0 Å². The normalized spacial score (nSPS) is 47.7. The molecule has 4 N–H and O–H groups in total. The van der Waals surface area contributed by atoms with Gasteiger partial charge in [0.15, 0.2) is 6.29 Å². The molecule has 4 aliphatic rings. The molecular formula is C34H62O6. The summed E-state index contributed by atoms with van der Waals surface area (Å²) in [6.45, 7) is 17.0. The fourth-order valence-corrected chi connectivity index (χ4v) is 10.3. The van der Waals surface area contributed by atoms with Crippen LogP contribution in [0.2, 0.25) is 0 Å². The standard InChI is InChI=1S/C34H62O6/c1-8-23(20(2)3)10-9-21(4)25-11-12-27-22(5)26(15-18-34(25,27)7)33(6)16-13-24(14-17-33)39-32-31(38)30(37)29(36)28(19-35)40-32/h20-32,35-38H,8-19H2,1-7H3. The van der Waals surface area contributed by atoms with Crippen molar-refractivity contribution >= 4 is 0 Å². The molecule has 1 aliphatic heterocycles. The van der Waals surface area contributed by atoms with Crippen molar-refractivity contribution in [2.24, 2.45) is 52.3 Å². The second-order valence-electron chi connectivity index (χ2n) is 15.5. The molecule has 1 saturated heterocycles. The Morgan fingerprint density at radius 3 is 2.12 bits per heavy atom. The van der Waals surface area contributed by atoms with Crippen LogP contribution in [-0.4, -0.2) is 63.8 Å². The zero-order chi connectivity index (χ0) is 29.4. The predicted molar refractivity (Wildman–Crippen MR) is 158 cm³/mol. The first-order valence-corrected chi connectivity index (χ1v) is 16.8. The van der Waals surface area contributed by atoms with Gasteiger partial charge < -0.3 is 29.9 Å². The van der Waals surface area contributed by atoms with Gasteiger partial charge in [-0.1, -0.05) is 61.3 Å². The summed E-state index contributed by atoms with van der Waals surface area (Å²) < 4.78 is 11.8. The average Bonchev–Trinajstić information content (AvgIpc) is 3.28. The molecule has 1 heterocycles. The largest absolute Gasteiger partial charge is 0.394 e. The molecule has 3 aliphatic carbocycles. The number of aliphatic hydroxyl groups is 4. The second-order valence-corrected chi connectivity index (χ2v) is 15.5. The summed E-state index contributed by atoms with van der Waals surface area (Å²) in [5, 5.41) is 40.1. The van der Waals surface area contributed by atoms with E-state index in [9.17, 15) is 20.4 Å². The highest BCUT2D eigenvalue weighted by Crippen LogP contribution is 2.64. The third kappa shape index (κ3) is 6.33. The molecule has 0 aromatic rings. The number of rotatable bonds is 10. The average molecular weight is 567 g/mol. The molecule has 12 unspecified atom stereocenters. The molecule has 0 bridgehead atoms. The van der Waals surface area contributed by atoms with Crippen LogP contribution >= 0.6 is 0 Å². The summed E-state index contributed by atoms with van der Waals surface area (Å²) in [7, 11) is 0. The summed E-state index contributed by atoms with van der Waals surface area (Å²) in [6, 6.07) is 0. The molecule has 0 amide bonds. The third-order valence-electron chi connectivity index (χ3n) is 13.0. The Labute approximate surface area is 244 Å². The summed E-state index contributed by atoms with van der Waals surface area (Å²) in [5.41, 5.74) is 0.778. The van der Waals surface area contributed by atoms with Gasteiger partial charge in [0.2, 0.25) is 0 Å². The number of hydrogen-bond donors (Lipinski definition) is 4. The molecule has 0 aromatic carbocycles. The van der Waals surface area contributed by atoms with Gasteiger partial charge in [-0.2, -0.15) is 0 Å². The van der Waals surface area contributed by atoms with E-state index in [1.54, 1.807) is 0 Å². The minimum Gasteiger partial charge on any atom is -0.394 e. The van der Waals surface area contributed by atoms with Crippen LogP contribution in [0.25, 0.3) is 0 Å². The Balaban J connectivity index is 1.32. The lowest BCUT2D eigenvalue weighted by atomic mass is 9.50. The van der Waals surface area contributed by atoms with Crippen LogP contribution in [0.5, 0.6) is 0 Å². The summed E-state index contributed by atoms with van der Waals surface area (Å²) in [6.07, 6.45) is 7.53. The highest BCUT2D eigenvalue weighted by Gasteiger charge is 2.56. The maximum absolute atomic E-state index is 10.4. The predicted octanol–water partition coefficient (Wildman–Crippen LogP) is 5.93. The molecule has 40 heavy (non-hydrogen) atoms. The molecule has 6 nitrogen and oxygen atoms in total. The third-order valence-corrected chi connectivity index (χ3v) is 13.0. The molecule has 0 spiro atoms. The van der Waals surface area contributed by atoms with E-state index in [4.69, 9.17) is 9.47 Å². The van der Waals surface area contributed by atoms with Crippen molar-refractivity contribution in [1.82, 2.24) is 0 Å². The van der Waals surface area contributed by atoms with Crippen LogP contribution in [-0.2, 0) is 9.47 Å². The lowest BCUT2D eigenvalue weighted by Gasteiger charge is -2.55. The first-order valence-electron chi connectivity index (χ1n) is 16.8. The van der Waals surface area contributed by atoms with E-state index in [1.807, 2.05) is 0 Å². The highest BCUT2D eigenvalue weighted by molar-refractivity contribution is 5.05. The number of ether oxygens (including phenoxy) is 2. The van der Waals surface area contributed by atoms with Crippen LogP contribution in [0, 0.1) is 52.3 Å². The van der Waals surface area contributed by atoms with Crippen LogP contribution in [0.15, 0.2) is 0 Å². The van der Waals surface area contributed by atoms with E-state index >= 15 is 0 Å². The molecular weight excluding hydrogens is 504 g/mol. The zero-order valence-electron chi connectivity index (χ0n) is 26.6. The molecule has 234 valence electrons. The lowest BCUT2D eigenvalue weighted by Crippen LogP contribution is -2.59. The van der Waals surface area contributed by atoms with Gasteiger partial charge in [0, 0.05) is 0 Å². The molecule has 12 atom stereocenters. The van der Waals surface area contributed by atoms with Gasteiger partial charge in [-0.05, 0) is 110 Å². The van der Waals surface area contributed by atoms with E-state index in [-0.39, 0.29) is 6.10 Å². The van der Waals surface area contributed by atoms with Crippen LogP contribution in [0.3, 0.4) is 0 Å². The number of hydrogen-bond acceptors (Lipinski definition) is 6. The SMILES string of the molecule is CCC(CCC(C)C1CCC2C(C)C(C3(C)CCC(OC4OC(CO)C(O)C(O)C4O)CC3)CCC12C)C(C)C. The van der Waals surface area contributed by atoms with Gasteiger partial charge in [0.05, 0.1) is 12.7 Å². The van der Waals surface area contributed by atoms with Crippen LogP contribution < -0.4 is 0 Å².